The quantitative estimate of drug-likeness (QED) is 0.575. The largest absolute Gasteiger partial charge is 0.490 e. The van der Waals surface area contributed by atoms with Gasteiger partial charge in [-0.3, -0.25) is 0 Å². The molecular formula is C20H29N3O5. The minimum Gasteiger partial charge on any atom is -0.490 e. The number of nitrogens with one attached hydrogen (secondary N) is 2. The van der Waals surface area contributed by atoms with Crippen LogP contribution in [-0.2, 0) is 4.74 Å². The Labute approximate surface area is 165 Å². The van der Waals surface area contributed by atoms with Crippen LogP contribution in [0, 0.1) is 0 Å². The number of aliphatic hydroxyl groups excluding tert-OH is 1. The van der Waals surface area contributed by atoms with E-state index in [0.29, 0.717) is 29.9 Å². The predicted molar refractivity (Wildman–Crippen MR) is 103 cm³/mol. The number of ether oxygens (including phenoxy) is 2. The summed E-state index contributed by atoms with van der Waals surface area (Å²) in [6.45, 7) is 2.04. The second kappa shape index (κ2) is 9.75. The van der Waals surface area contributed by atoms with E-state index >= 15 is 0 Å². The van der Waals surface area contributed by atoms with E-state index in [4.69, 9.17) is 9.47 Å². The molecule has 1 saturated heterocycles. The number of nitrogens with zero attached hydrogens (tertiary/aromatic N) is 1. The Bertz CT molecular complexity index is 676. The van der Waals surface area contributed by atoms with Gasteiger partial charge in [-0.15, -0.1) is 0 Å². The number of para-hydroxylation sites is 1. The van der Waals surface area contributed by atoms with Crippen molar-refractivity contribution in [2.24, 2.45) is 0 Å². The van der Waals surface area contributed by atoms with Crippen LogP contribution in [0.25, 0.3) is 0 Å². The summed E-state index contributed by atoms with van der Waals surface area (Å²) in [6.07, 6.45) is 3.22. The summed E-state index contributed by atoms with van der Waals surface area (Å²) in [5, 5.41) is 16.5. The van der Waals surface area contributed by atoms with Gasteiger partial charge in [-0.05, 0) is 37.8 Å². The molecule has 3 N–H and O–H groups in total. The average Bonchev–Trinajstić information content (AvgIpc) is 3.16. The molecule has 8 heteroatoms. The first-order chi connectivity index (χ1) is 13.6. The predicted octanol–water partition coefficient (Wildman–Crippen LogP) is 1.14. The fourth-order valence-corrected chi connectivity index (χ4v) is 3.85. The maximum absolute atomic E-state index is 11.8. The third-order valence-electron chi connectivity index (χ3n) is 5.39. The molecule has 3 rings (SSSR count). The molecule has 0 radical (unpaired) electrons. The van der Waals surface area contributed by atoms with Crippen molar-refractivity contribution in [3.63, 3.8) is 0 Å². The Morgan fingerprint density at radius 2 is 2.07 bits per heavy atom. The maximum Gasteiger partial charge on any atom is 0.341 e. The van der Waals surface area contributed by atoms with Crippen LogP contribution in [0.3, 0.4) is 0 Å². The number of hydrogen-bond donors (Lipinski definition) is 3. The van der Waals surface area contributed by atoms with Crippen LogP contribution in [0.5, 0.6) is 5.75 Å². The summed E-state index contributed by atoms with van der Waals surface area (Å²) in [7, 11) is 1.32. The highest BCUT2D eigenvalue weighted by atomic mass is 16.5. The molecule has 28 heavy (non-hydrogen) atoms. The molecule has 1 aliphatic carbocycles. The lowest BCUT2D eigenvalue weighted by molar-refractivity contribution is 0.0587. The Hall–Kier alpha value is -2.32. The smallest absolute Gasteiger partial charge is 0.341 e. The molecule has 0 spiro atoms. The number of rotatable bonds is 8. The number of urea groups is 1. The molecule has 1 aromatic rings. The minimum atomic E-state index is -0.687. The van der Waals surface area contributed by atoms with Crippen molar-refractivity contribution in [2.45, 2.75) is 43.9 Å². The van der Waals surface area contributed by atoms with Crippen molar-refractivity contribution in [1.82, 2.24) is 15.5 Å². The van der Waals surface area contributed by atoms with Gasteiger partial charge in [-0.2, -0.15) is 0 Å². The normalized spacial score (nSPS) is 23.2. The first-order valence-corrected chi connectivity index (χ1v) is 9.84. The maximum atomic E-state index is 11.8. The summed E-state index contributed by atoms with van der Waals surface area (Å²) in [6, 6.07) is 7.52. The highest BCUT2D eigenvalue weighted by Crippen LogP contribution is 2.24. The minimum absolute atomic E-state index is 0.0521. The van der Waals surface area contributed by atoms with E-state index in [-0.39, 0.29) is 12.6 Å². The summed E-state index contributed by atoms with van der Waals surface area (Å²) in [5.41, 5.74) is 0.342. The Balaban J connectivity index is 1.38. The number of amides is 2. The monoisotopic (exact) mass is 391 g/mol. The van der Waals surface area contributed by atoms with Crippen LogP contribution in [0.1, 0.15) is 36.0 Å². The van der Waals surface area contributed by atoms with Crippen molar-refractivity contribution in [2.75, 3.05) is 33.4 Å². The SMILES string of the molecule is COC(=O)c1ccccc1OCC(O)CNC1CCC(N2CCNC2=O)CC1. The first kappa shape index (κ1) is 20.4. The molecular weight excluding hydrogens is 362 g/mol. The van der Waals surface area contributed by atoms with Crippen molar-refractivity contribution in [1.29, 1.82) is 0 Å². The summed E-state index contributed by atoms with van der Waals surface area (Å²) >= 11 is 0. The van der Waals surface area contributed by atoms with Gasteiger partial charge in [-0.1, -0.05) is 12.1 Å². The topological polar surface area (TPSA) is 100 Å². The lowest BCUT2D eigenvalue weighted by atomic mass is 9.90. The van der Waals surface area contributed by atoms with Crippen LogP contribution in [0.15, 0.2) is 24.3 Å². The molecule has 154 valence electrons. The van der Waals surface area contributed by atoms with Crippen LogP contribution in [-0.4, -0.2) is 73.5 Å². The van der Waals surface area contributed by atoms with Crippen molar-refractivity contribution in [3.05, 3.63) is 29.8 Å². The summed E-state index contributed by atoms with van der Waals surface area (Å²) in [5.74, 6) is -0.0653. The van der Waals surface area contributed by atoms with Gasteiger partial charge < -0.3 is 30.1 Å². The molecule has 2 amide bonds. The number of benzene rings is 1. The molecule has 2 aliphatic rings. The lowest BCUT2D eigenvalue weighted by Gasteiger charge is -2.34. The van der Waals surface area contributed by atoms with Gasteiger partial charge in [0.2, 0.25) is 0 Å². The first-order valence-electron chi connectivity index (χ1n) is 9.84. The van der Waals surface area contributed by atoms with Gasteiger partial charge in [0, 0.05) is 31.7 Å². The average molecular weight is 391 g/mol. The van der Waals surface area contributed by atoms with Gasteiger partial charge in [0.05, 0.1) is 7.11 Å². The highest BCUT2D eigenvalue weighted by molar-refractivity contribution is 5.92. The fraction of sp³-hybridized carbons (Fsp3) is 0.600. The lowest BCUT2D eigenvalue weighted by Crippen LogP contribution is -2.45. The molecule has 1 aliphatic heterocycles. The van der Waals surface area contributed by atoms with E-state index in [2.05, 4.69) is 10.6 Å². The van der Waals surface area contributed by atoms with Gasteiger partial charge >= 0.3 is 12.0 Å². The molecule has 1 aromatic carbocycles. The molecule has 8 nitrogen and oxygen atoms in total. The molecule has 0 bridgehead atoms. The Morgan fingerprint density at radius 3 is 2.75 bits per heavy atom. The molecule has 1 atom stereocenters. The summed E-state index contributed by atoms with van der Waals surface area (Å²) < 4.78 is 10.4. The molecule has 1 saturated carbocycles. The van der Waals surface area contributed by atoms with Crippen LogP contribution in [0.2, 0.25) is 0 Å². The molecule has 1 unspecified atom stereocenters. The van der Waals surface area contributed by atoms with E-state index in [0.717, 1.165) is 38.8 Å². The van der Waals surface area contributed by atoms with E-state index in [1.165, 1.54) is 7.11 Å². The van der Waals surface area contributed by atoms with E-state index in [1.54, 1.807) is 24.3 Å². The van der Waals surface area contributed by atoms with Gasteiger partial charge in [0.25, 0.3) is 0 Å². The zero-order valence-corrected chi connectivity index (χ0v) is 16.2. The number of methoxy groups -OCH3 is 1. The summed E-state index contributed by atoms with van der Waals surface area (Å²) in [4.78, 5) is 25.5. The number of aliphatic hydroxyl groups is 1. The number of esters is 1. The van der Waals surface area contributed by atoms with Crippen molar-refractivity contribution >= 4 is 12.0 Å². The van der Waals surface area contributed by atoms with Gasteiger partial charge in [0.15, 0.2) is 0 Å². The zero-order chi connectivity index (χ0) is 19.9. The third-order valence-corrected chi connectivity index (χ3v) is 5.39. The highest BCUT2D eigenvalue weighted by Gasteiger charge is 2.31. The number of hydrogen-bond acceptors (Lipinski definition) is 6. The Kier molecular flexibility index (Phi) is 7.11. The molecule has 0 aromatic heterocycles. The van der Waals surface area contributed by atoms with E-state index < -0.39 is 12.1 Å². The fourth-order valence-electron chi connectivity index (χ4n) is 3.85. The number of carbonyl (C=O) groups excluding carboxylic acids is 2. The standard InChI is InChI=1S/C20H29N3O5/c1-27-19(25)17-4-2-3-5-18(17)28-13-16(24)12-22-14-6-8-15(9-7-14)23-11-10-21-20(23)26/h2-5,14-16,22,24H,6-13H2,1H3,(H,21,26). The molecule has 1 heterocycles. The third kappa shape index (κ3) is 5.14. The van der Waals surface area contributed by atoms with Crippen LogP contribution < -0.4 is 15.4 Å². The number of carbonyl (C=O) groups is 2. The Morgan fingerprint density at radius 1 is 1.32 bits per heavy atom. The second-order valence-electron chi connectivity index (χ2n) is 7.29. The zero-order valence-electron chi connectivity index (χ0n) is 16.2. The van der Waals surface area contributed by atoms with Gasteiger partial charge in [-0.25, -0.2) is 9.59 Å². The van der Waals surface area contributed by atoms with Crippen LogP contribution in [0.4, 0.5) is 4.79 Å². The molecule has 2 fully saturated rings. The van der Waals surface area contributed by atoms with Crippen molar-refractivity contribution < 1.29 is 24.2 Å². The van der Waals surface area contributed by atoms with Gasteiger partial charge in [0.1, 0.15) is 24.0 Å². The van der Waals surface area contributed by atoms with E-state index in [9.17, 15) is 14.7 Å². The van der Waals surface area contributed by atoms with Crippen LogP contribution >= 0.6 is 0 Å². The second-order valence-corrected chi connectivity index (χ2v) is 7.29. The van der Waals surface area contributed by atoms with E-state index in [1.807, 2.05) is 4.90 Å². The van der Waals surface area contributed by atoms with Crippen molar-refractivity contribution in [3.8, 4) is 5.75 Å².